The predicted molar refractivity (Wildman–Crippen MR) is 54.8 cm³/mol. The van der Waals surface area contributed by atoms with Gasteiger partial charge in [0.1, 0.15) is 19.0 Å². The smallest absolute Gasteiger partial charge is 0.145 e. The summed E-state index contributed by atoms with van der Waals surface area (Å²) in [5.41, 5.74) is 7.12. The monoisotopic (exact) mass is 247 g/mol. The van der Waals surface area contributed by atoms with Crippen LogP contribution in [-0.4, -0.2) is 13.3 Å². The van der Waals surface area contributed by atoms with Crippen LogP contribution < -0.4 is 10.5 Å². The summed E-state index contributed by atoms with van der Waals surface area (Å²) >= 11 is 3.31. The molecule has 1 aromatic carbocycles. The molecule has 0 aliphatic heterocycles. The SMILES string of the molecule is Cc1cc(Br)cc(N)c1OCCF. The highest BCUT2D eigenvalue weighted by Crippen LogP contribution is 2.29. The highest BCUT2D eigenvalue weighted by atomic mass is 79.9. The number of nitrogen functional groups attached to an aromatic ring is 1. The number of rotatable bonds is 3. The van der Waals surface area contributed by atoms with Crippen LogP contribution in [0.15, 0.2) is 16.6 Å². The minimum atomic E-state index is -0.505. The van der Waals surface area contributed by atoms with E-state index in [0.29, 0.717) is 11.4 Å². The molecule has 0 aliphatic rings. The summed E-state index contributed by atoms with van der Waals surface area (Å²) in [5, 5.41) is 0. The molecule has 0 aromatic heterocycles. The Kier molecular flexibility index (Phi) is 3.54. The van der Waals surface area contributed by atoms with Crippen molar-refractivity contribution in [2.75, 3.05) is 19.0 Å². The molecule has 1 rings (SSSR count). The van der Waals surface area contributed by atoms with Gasteiger partial charge in [-0.2, -0.15) is 0 Å². The summed E-state index contributed by atoms with van der Waals surface area (Å²) in [6, 6.07) is 3.62. The van der Waals surface area contributed by atoms with Crippen molar-refractivity contribution in [1.29, 1.82) is 0 Å². The average Bonchev–Trinajstić information content (AvgIpc) is 2.02. The van der Waals surface area contributed by atoms with Crippen molar-refractivity contribution in [3.05, 3.63) is 22.2 Å². The Morgan fingerprint density at radius 2 is 2.23 bits per heavy atom. The molecule has 0 spiro atoms. The lowest BCUT2D eigenvalue weighted by Crippen LogP contribution is -2.03. The Morgan fingerprint density at radius 3 is 2.77 bits per heavy atom. The quantitative estimate of drug-likeness (QED) is 0.834. The van der Waals surface area contributed by atoms with Crippen LogP contribution >= 0.6 is 15.9 Å². The molecule has 0 unspecified atom stereocenters. The number of ether oxygens (including phenoxy) is 1. The van der Waals surface area contributed by atoms with E-state index in [1.165, 1.54) is 0 Å². The summed E-state index contributed by atoms with van der Waals surface area (Å²) in [6.45, 7) is 1.41. The number of anilines is 1. The summed E-state index contributed by atoms with van der Waals surface area (Å²) < 4.78 is 17.9. The molecule has 0 aliphatic carbocycles. The molecule has 0 fully saturated rings. The van der Waals surface area contributed by atoms with Crippen molar-refractivity contribution in [3.63, 3.8) is 0 Å². The number of hydrogen-bond acceptors (Lipinski definition) is 2. The minimum absolute atomic E-state index is 0.0483. The summed E-state index contributed by atoms with van der Waals surface area (Å²) in [4.78, 5) is 0. The van der Waals surface area contributed by atoms with E-state index >= 15 is 0 Å². The van der Waals surface area contributed by atoms with Crippen molar-refractivity contribution >= 4 is 21.6 Å². The average molecular weight is 248 g/mol. The fourth-order valence-corrected chi connectivity index (χ4v) is 1.68. The normalized spacial score (nSPS) is 10.1. The van der Waals surface area contributed by atoms with Crippen LogP contribution in [0.2, 0.25) is 0 Å². The van der Waals surface area contributed by atoms with Crippen molar-refractivity contribution in [1.82, 2.24) is 0 Å². The lowest BCUT2D eigenvalue weighted by atomic mass is 10.2. The maximum atomic E-state index is 11.8. The number of nitrogens with two attached hydrogens (primary N) is 1. The second kappa shape index (κ2) is 4.46. The van der Waals surface area contributed by atoms with Gasteiger partial charge in [-0.25, -0.2) is 4.39 Å². The fourth-order valence-electron chi connectivity index (χ4n) is 1.09. The van der Waals surface area contributed by atoms with Crippen molar-refractivity contribution < 1.29 is 9.13 Å². The van der Waals surface area contributed by atoms with E-state index in [2.05, 4.69) is 15.9 Å². The molecule has 2 N–H and O–H groups in total. The van der Waals surface area contributed by atoms with E-state index in [4.69, 9.17) is 10.5 Å². The minimum Gasteiger partial charge on any atom is -0.488 e. The molecular weight excluding hydrogens is 237 g/mol. The number of aryl methyl sites for hydroxylation is 1. The van der Waals surface area contributed by atoms with Crippen molar-refractivity contribution in [3.8, 4) is 5.75 Å². The summed E-state index contributed by atoms with van der Waals surface area (Å²) in [7, 11) is 0. The van der Waals surface area contributed by atoms with Gasteiger partial charge in [-0.1, -0.05) is 15.9 Å². The molecule has 0 saturated heterocycles. The van der Waals surface area contributed by atoms with Crippen LogP contribution in [0.25, 0.3) is 0 Å². The molecule has 0 radical (unpaired) electrons. The predicted octanol–water partition coefficient (Wildman–Crippen LogP) is 2.69. The lowest BCUT2D eigenvalue weighted by molar-refractivity contribution is 0.273. The van der Waals surface area contributed by atoms with Gasteiger partial charge in [-0.05, 0) is 24.6 Å². The van der Waals surface area contributed by atoms with Crippen molar-refractivity contribution in [2.45, 2.75) is 6.92 Å². The Hall–Kier alpha value is -0.770. The fraction of sp³-hybridized carbons (Fsp3) is 0.333. The van der Waals surface area contributed by atoms with E-state index in [9.17, 15) is 4.39 Å². The maximum absolute atomic E-state index is 11.8. The molecule has 1 aromatic rings. The third-order valence-corrected chi connectivity index (χ3v) is 2.05. The molecule has 0 atom stereocenters. The standard InChI is InChI=1S/C9H11BrFNO/c1-6-4-7(10)5-8(12)9(6)13-3-2-11/h4-5H,2-3,12H2,1H3. The zero-order valence-corrected chi connectivity index (χ0v) is 8.90. The number of alkyl halides is 1. The second-order valence-electron chi connectivity index (χ2n) is 2.68. The van der Waals surface area contributed by atoms with E-state index in [-0.39, 0.29) is 6.61 Å². The van der Waals surface area contributed by atoms with E-state index in [1.54, 1.807) is 6.07 Å². The highest BCUT2D eigenvalue weighted by Gasteiger charge is 2.05. The van der Waals surface area contributed by atoms with Gasteiger partial charge in [0.2, 0.25) is 0 Å². The molecular formula is C9H11BrFNO. The molecule has 2 nitrogen and oxygen atoms in total. The summed E-state index contributed by atoms with van der Waals surface area (Å²) in [6.07, 6.45) is 0. The zero-order valence-electron chi connectivity index (χ0n) is 7.31. The Bertz CT molecular complexity index is 281. The van der Waals surface area contributed by atoms with Gasteiger partial charge in [-0.3, -0.25) is 0 Å². The molecule has 4 heteroatoms. The van der Waals surface area contributed by atoms with Crippen LogP contribution in [0.3, 0.4) is 0 Å². The van der Waals surface area contributed by atoms with Gasteiger partial charge in [0.25, 0.3) is 0 Å². The largest absolute Gasteiger partial charge is 0.488 e. The van der Waals surface area contributed by atoms with Crippen LogP contribution in [0.4, 0.5) is 10.1 Å². The van der Waals surface area contributed by atoms with Gasteiger partial charge < -0.3 is 10.5 Å². The first kappa shape index (κ1) is 10.3. The number of benzene rings is 1. The third-order valence-electron chi connectivity index (χ3n) is 1.59. The molecule has 0 amide bonds. The molecule has 13 heavy (non-hydrogen) atoms. The lowest BCUT2D eigenvalue weighted by Gasteiger charge is -2.10. The Morgan fingerprint density at radius 1 is 1.54 bits per heavy atom. The third kappa shape index (κ3) is 2.59. The molecule has 0 heterocycles. The Labute approximate surface area is 85.0 Å². The van der Waals surface area contributed by atoms with Crippen LogP contribution in [0.5, 0.6) is 5.75 Å². The first-order valence-electron chi connectivity index (χ1n) is 3.89. The topological polar surface area (TPSA) is 35.2 Å². The molecule has 0 saturated carbocycles. The van der Waals surface area contributed by atoms with E-state index < -0.39 is 6.67 Å². The van der Waals surface area contributed by atoms with Gasteiger partial charge in [-0.15, -0.1) is 0 Å². The molecule has 0 bridgehead atoms. The first-order valence-corrected chi connectivity index (χ1v) is 4.69. The van der Waals surface area contributed by atoms with Crippen molar-refractivity contribution in [2.24, 2.45) is 0 Å². The van der Waals surface area contributed by atoms with Gasteiger partial charge in [0, 0.05) is 4.47 Å². The van der Waals surface area contributed by atoms with Crippen LogP contribution in [0, 0.1) is 6.92 Å². The second-order valence-corrected chi connectivity index (χ2v) is 3.59. The Balaban J connectivity index is 2.92. The summed E-state index contributed by atoms with van der Waals surface area (Å²) in [5.74, 6) is 0.570. The van der Waals surface area contributed by atoms with E-state index in [1.807, 2.05) is 13.0 Å². The van der Waals surface area contributed by atoms with E-state index in [0.717, 1.165) is 10.0 Å². The van der Waals surface area contributed by atoms with Gasteiger partial charge in [0.15, 0.2) is 0 Å². The number of hydrogen-bond donors (Lipinski definition) is 1. The number of halogens is 2. The van der Waals surface area contributed by atoms with Gasteiger partial charge >= 0.3 is 0 Å². The highest BCUT2D eigenvalue weighted by molar-refractivity contribution is 9.10. The first-order chi connectivity index (χ1) is 6.15. The van der Waals surface area contributed by atoms with Crippen LogP contribution in [-0.2, 0) is 0 Å². The maximum Gasteiger partial charge on any atom is 0.145 e. The van der Waals surface area contributed by atoms with Gasteiger partial charge in [0.05, 0.1) is 5.69 Å². The molecule has 72 valence electrons. The zero-order chi connectivity index (χ0) is 9.84. The van der Waals surface area contributed by atoms with Crippen LogP contribution in [0.1, 0.15) is 5.56 Å².